The van der Waals surface area contributed by atoms with Crippen LogP contribution in [0, 0.1) is 6.92 Å². The van der Waals surface area contributed by atoms with E-state index in [1.807, 2.05) is 0 Å². The van der Waals surface area contributed by atoms with Crippen LogP contribution in [0.1, 0.15) is 27.9 Å². The number of halogens is 2. The van der Waals surface area contributed by atoms with E-state index in [0.717, 1.165) is 5.56 Å². The number of aryl methyl sites for hydroxylation is 2. The highest BCUT2D eigenvalue weighted by molar-refractivity contribution is 5.90. The third-order valence-electron chi connectivity index (χ3n) is 2.18. The van der Waals surface area contributed by atoms with Gasteiger partial charge in [0.15, 0.2) is 0 Å². The molecule has 0 aliphatic rings. The molecule has 0 heterocycles. The molecule has 0 radical (unpaired) electrons. The third kappa shape index (κ3) is 3.01. The average Bonchev–Trinajstić information content (AvgIpc) is 2.25. The lowest BCUT2D eigenvalue weighted by molar-refractivity contribution is -0.0788. The minimum Gasteiger partial charge on any atom is -0.251 e. The van der Waals surface area contributed by atoms with Gasteiger partial charge in [0.2, 0.25) is 0 Å². The highest BCUT2D eigenvalue weighted by atomic mass is 19.3. The first-order chi connectivity index (χ1) is 7.19. The Morgan fingerprint density at radius 2 is 2.20 bits per heavy atom. The van der Waals surface area contributed by atoms with Gasteiger partial charge in [-0.15, -0.1) is 0 Å². The number of rotatable bonds is 4. The van der Waals surface area contributed by atoms with Crippen LogP contribution in [-0.4, -0.2) is 12.6 Å². The maximum atomic E-state index is 11.9. The molecule has 0 fully saturated rings. The first kappa shape index (κ1) is 11.6. The van der Waals surface area contributed by atoms with E-state index in [1.165, 1.54) is 6.07 Å². The van der Waals surface area contributed by atoms with Crippen molar-refractivity contribution in [1.82, 2.24) is 0 Å². The van der Waals surface area contributed by atoms with Crippen molar-refractivity contribution in [2.45, 2.75) is 19.8 Å². The lowest BCUT2D eigenvalue weighted by Gasteiger charge is -2.04. The Labute approximate surface area is 86.8 Å². The van der Waals surface area contributed by atoms with Crippen LogP contribution in [0.5, 0.6) is 0 Å². The normalized spacial score (nSPS) is 10.1. The van der Waals surface area contributed by atoms with E-state index in [1.54, 1.807) is 19.1 Å². The van der Waals surface area contributed by atoms with E-state index < -0.39 is 5.97 Å². The molecular formula is C11H12F2O2. The summed E-state index contributed by atoms with van der Waals surface area (Å²) in [4.78, 5) is 14.0. The number of carbonyl (C=O) groups is 1. The van der Waals surface area contributed by atoms with Crippen LogP contribution in [-0.2, 0) is 11.4 Å². The standard InChI is InChI=1S/C11H12F2O2/c1-8-7-9(3-2-6-12)4-5-10(8)11(14)15-13/h4-5,7H,2-3,6H2,1H3. The summed E-state index contributed by atoms with van der Waals surface area (Å²) in [5, 5.41) is 0. The van der Waals surface area contributed by atoms with E-state index in [4.69, 9.17) is 0 Å². The summed E-state index contributed by atoms with van der Waals surface area (Å²) in [7, 11) is 0. The highest BCUT2D eigenvalue weighted by Crippen LogP contribution is 2.14. The molecule has 0 unspecified atom stereocenters. The zero-order valence-corrected chi connectivity index (χ0v) is 8.43. The van der Waals surface area contributed by atoms with Crippen LogP contribution >= 0.6 is 0 Å². The molecule has 2 nitrogen and oxygen atoms in total. The number of carbonyl (C=O) groups excluding carboxylic acids is 1. The first-order valence-electron chi connectivity index (χ1n) is 4.67. The van der Waals surface area contributed by atoms with Gasteiger partial charge >= 0.3 is 5.97 Å². The van der Waals surface area contributed by atoms with Gasteiger partial charge < -0.3 is 0 Å². The van der Waals surface area contributed by atoms with Crippen molar-refractivity contribution < 1.29 is 18.7 Å². The molecule has 1 rings (SSSR count). The summed E-state index contributed by atoms with van der Waals surface area (Å²) < 4.78 is 23.6. The van der Waals surface area contributed by atoms with E-state index in [0.29, 0.717) is 18.4 Å². The van der Waals surface area contributed by atoms with Gasteiger partial charge in [0.25, 0.3) is 0 Å². The van der Waals surface area contributed by atoms with E-state index in [-0.39, 0.29) is 12.2 Å². The topological polar surface area (TPSA) is 26.3 Å². The Morgan fingerprint density at radius 1 is 1.47 bits per heavy atom. The molecule has 15 heavy (non-hydrogen) atoms. The summed E-state index contributed by atoms with van der Waals surface area (Å²) in [6.07, 6.45) is 1.06. The Bertz CT molecular complexity index is 350. The predicted molar refractivity (Wildman–Crippen MR) is 52.0 cm³/mol. The summed E-state index contributed by atoms with van der Waals surface area (Å²) in [5.74, 6) is -0.996. The minimum absolute atomic E-state index is 0.196. The van der Waals surface area contributed by atoms with Gasteiger partial charge in [-0.05, 0) is 37.0 Å². The molecule has 0 spiro atoms. The average molecular weight is 214 g/mol. The second-order valence-electron chi connectivity index (χ2n) is 3.31. The van der Waals surface area contributed by atoms with Gasteiger partial charge in [-0.1, -0.05) is 12.1 Å². The molecule has 0 amide bonds. The van der Waals surface area contributed by atoms with Crippen LogP contribution in [0.2, 0.25) is 0 Å². The Balaban J connectivity index is 2.83. The largest absolute Gasteiger partial charge is 0.379 e. The van der Waals surface area contributed by atoms with Gasteiger partial charge in [-0.25, -0.2) is 9.74 Å². The van der Waals surface area contributed by atoms with Crippen molar-refractivity contribution in [2.24, 2.45) is 0 Å². The SMILES string of the molecule is Cc1cc(CCCF)ccc1C(=O)OF. The molecule has 0 aliphatic carbocycles. The lowest BCUT2D eigenvalue weighted by Crippen LogP contribution is -2.02. The summed E-state index contributed by atoms with van der Waals surface area (Å²) in [5.41, 5.74) is 1.76. The van der Waals surface area contributed by atoms with Crippen molar-refractivity contribution >= 4 is 5.97 Å². The van der Waals surface area contributed by atoms with Crippen molar-refractivity contribution in [1.29, 1.82) is 0 Å². The molecule has 0 atom stereocenters. The molecule has 0 bridgehead atoms. The number of alkyl halides is 1. The first-order valence-corrected chi connectivity index (χ1v) is 4.67. The van der Waals surface area contributed by atoms with Gasteiger partial charge in [-0.3, -0.25) is 4.39 Å². The van der Waals surface area contributed by atoms with E-state index in [9.17, 15) is 13.7 Å². The fraction of sp³-hybridized carbons (Fsp3) is 0.364. The Kier molecular flexibility index (Phi) is 4.21. The molecule has 1 aromatic rings. The van der Waals surface area contributed by atoms with E-state index in [2.05, 4.69) is 4.94 Å². The zero-order chi connectivity index (χ0) is 11.3. The smallest absolute Gasteiger partial charge is 0.251 e. The minimum atomic E-state index is -0.996. The maximum Gasteiger partial charge on any atom is 0.379 e. The van der Waals surface area contributed by atoms with Gasteiger partial charge in [0.1, 0.15) is 0 Å². The summed E-state index contributed by atoms with van der Waals surface area (Å²) in [6.45, 7) is 1.32. The molecule has 4 heteroatoms. The fourth-order valence-electron chi connectivity index (χ4n) is 1.42. The van der Waals surface area contributed by atoms with Crippen molar-refractivity contribution in [3.8, 4) is 0 Å². The predicted octanol–water partition coefficient (Wildman–Crippen LogP) is 2.94. The summed E-state index contributed by atoms with van der Waals surface area (Å²) in [6, 6.07) is 4.90. The van der Waals surface area contributed by atoms with Crippen LogP contribution in [0.3, 0.4) is 0 Å². The van der Waals surface area contributed by atoms with Crippen LogP contribution < -0.4 is 0 Å². The number of hydrogen-bond donors (Lipinski definition) is 0. The second kappa shape index (κ2) is 5.44. The third-order valence-corrected chi connectivity index (χ3v) is 2.18. The second-order valence-corrected chi connectivity index (χ2v) is 3.31. The van der Waals surface area contributed by atoms with Gasteiger partial charge in [0, 0.05) is 4.53 Å². The summed E-state index contributed by atoms with van der Waals surface area (Å²) >= 11 is 0. The van der Waals surface area contributed by atoms with Crippen LogP contribution in [0.15, 0.2) is 18.2 Å². The Morgan fingerprint density at radius 3 is 2.73 bits per heavy atom. The molecule has 0 saturated carbocycles. The molecular weight excluding hydrogens is 202 g/mol. The molecule has 0 saturated heterocycles. The molecule has 0 aliphatic heterocycles. The highest BCUT2D eigenvalue weighted by Gasteiger charge is 2.11. The zero-order valence-electron chi connectivity index (χ0n) is 8.43. The maximum absolute atomic E-state index is 11.9. The van der Waals surface area contributed by atoms with Gasteiger partial charge in [0.05, 0.1) is 12.2 Å². The number of hydrogen-bond acceptors (Lipinski definition) is 2. The Hall–Kier alpha value is -1.45. The monoisotopic (exact) mass is 214 g/mol. The molecule has 0 N–H and O–H groups in total. The lowest BCUT2D eigenvalue weighted by atomic mass is 10.0. The molecule has 82 valence electrons. The van der Waals surface area contributed by atoms with Crippen molar-refractivity contribution in [3.63, 3.8) is 0 Å². The van der Waals surface area contributed by atoms with Crippen molar-refractivity contribution in [3.05, 3.63) is 34.9 Å². The van der Waals surface area contributed by atoms with E-state index >= 15 is 0 Å². The van der Waals surface area contributed by atoms with Crippen molar-refractivity contribution in [2.75, 3.05) is 6.67 Å². The van der Waals surface area contributed by atoms with Crippen LogP contribution in [0.25, 0.3) is 0 Å². The van der Waals surface area contributed by atoms with Crippen LogP contribution in [0.4, 0.5) is 8.92 Å². The number of benzene rings is 1. The molecule has 0 aromatic heterocycles. The fourth-order valence-corrected chi connectivity index (χ4v) is 1.42. The quantitative estimate of drug-likeness (QED) is 0.770. The van der Waals surface area contributed by atoms with Gasteiger partial charge in [-0.2, -0.15) is 0 Å². The molecule has 1 aromatic carbocycles.